The highest BCUT2D eigenvalue weighted by molar-refractivity contribution is 6.05. The number of carbonyl (C=O) groups is 2. The third kappa shape index (κ3) is 2.75. The maximum absolute atomic E-state index is 12.4. The van der Waals surface area contributed by atoms with E-state index in [0.29, 0.717) is 0 Å². The van der Waals surface area contributed by atoms with Gasteiger partial charge < -0.3 is 4.98 Å². The minimum atomic E-state index is -0.441. The zero-order valence-electron chi connectivity index (χ0n) is 12.2. The van der Waals surface area contributed by atoms with Gasteiger partial charge in [0, 0.05) is 18.4 Å². The van der Waals surface area contributed by atoms with Crippen LogP contribution in [0.15, 0.2) is 12.4 Å². The van der Waals surface area contributed by atoms with Crippen LogP contribution in [0.3, 0.4) is 0 Å². The number of rotatable bonds is 6. The molecule has 2 heterocycles. The Morgan fingerprint density at radius 1 is 1.45 bits per heavy atom. The average Bonchev–Trinajstić information content (AvgIpc) is 3.04. The number of nitrogens with one attached hydrogen (secondary N) is 2. The molecule has 1 saturated heterocycles. The Labute approximate surface area is 119 Å². The van der Waals surface area contributed by atoms with Crippen molar-refractivity contribution in [1.82, 2.24) is 20.2 Å². The zero-order chi connectivity index (χ0) is 14.7. The highest BCUT2D eigenvalue weighted by atomic mass is 16.2. The van der Waals surface area contributed by atoms with Gasteiger partial charge in [-0.25, -0.2) is 4.98 Å². The Morgan fingerprint density at radius 2 is 2.15 bits per heavy atom. The van der Waals surface area contributed by atoms with Crippen molar-refractivity contribution in [2.45, 2.75) is 58.2 Å². The van der Waals surface area contributed by atoms with Crippen molar-refractivity contribution in [1.29, 1.82) is 0 Å². The molecule has 2 rings (SSSR count). The van der Waals surface area contributed by atoms with Crippen LogP contribution in [0.2, 0.25) is 0 Å². The minimum Gasteiger partial charge on any atom is -0.347 e. The van der Waals surface area contributed by atoms with E-state index in [9.17, 15) is 9.59 Å². The topological polar surface area (TPSA) is 78.1 Å². The smallest absolute Gasteiger partial charge is 0.247 e. The Morgan fingerprint density at radius 3 is 2.70 bits per heavy atom. The molecule has 2 N–H and O–H groups in total. The standard InChI is InChI=1S/C14H22N4O2/c1-4-10(5-2)18-12(19)8-11(14(18)20)17-9(3)13-15-6-7-16-13/h6-7,9-11,17H,4-5,8H2,1-3H3,(H,15,16). The molecule has 1 aliphatic rings. The van der Waals surface area contributed by atoms with Gasteiger partial charge in [-0.2, -0.15) is 0 Å². The molecule has 2 amide bonds. The van der Waals surface area contributed by atoms with E-state index in [4.69, 9.17) is 0 Å². The number of imide groups is 1. The average molecular weight is 278 g/mol. The van der Waals surface area contributed by atoms with Crippen molar-refractivity contribution < 1.29 is 9.59 Å². The maximum Gasteiger partial charge on any atom is 0.247 e. The molecule has 0 aromatic carbocycles. The van der Waals surface area contributed by atoms with Gasteiger partial charge in [0.15, 0.2) is 0 Å². The first-order chi connectivity index (χ1) is 9.58. The van der Waals surface area contributed by atoms with Gasteiger partial charge in [0.2, 0.25) is 11.8 Å². The number of likely N-dealkylation sites (tertiary alicyclic amines) is 1. The van der Waals surface area contributed by atoms with Gasteiger partial charge >= 0.3 is 0 Å². The van der Waals surface area contributed by atoms with E-state index in [1.165, 1.54) is 4.90 Å². The maximum atomic E-state index is 12.4. The molecule has 2 atom stereocenters. The summed E-state index contributed by atoms with van der Waals surface area (Å²) in [6.07, 6.45) is 5.25. The van der Waals surface area contributed by atoms with Gasteiger partial charge in [-0.1, -0.05) is 13.8 Å². The number of nitrogens with zero attached hydrogens (tertiary/aromatic N) is 2. The summed E-state index contributed by atoms with van der Waals surface area (Å²) >= 11 is 0. The summed E-state index contributed by atoms with van der Waals surface area (Å²) in [4.78, 5) is 33.1. The zero-order valence-corrected chi connectivity index (χ0v) is 12.2. The molecule has 20 heavy (non-hydrogen) atoms. The van der Waals surface area contributed by atoms with Gasteiger partial charge in [0.1, 0.15) is 5.82 Å². The molecule has 110 valence electrons. The van der Waals surface area contributed by atoms with E-state index in [0.717, 1.165) is 18.7 Å². The molecular weight excluding hydrogens is 256 g/mol. The molecule has 0 radical (unpaired) electrons. The lowest BCUT2D eigenvalue weighted by Crippen LogP contribution is -2.44. The van der Waals surface area contributed by atoms with Crippen LogP contribution in [0.1, 0.15) is 51.9 Å². The molecule has 1 aliphatic heterocycles. The molecule has 0 aliphatic carbocycles. The fourth-order valence-corrected chi connectivity index (χ4v) is 2.71. The molecule has 0 spiro atoms. The van der Waals surface area contributed by atoms with Gasteiger partial charge in [0.25, 0.3) is 0 Å². The summed E-state index contributed by atoms with van der Waals surface area (Å²) in [5.41, 5.74) is 0. The van der Waals surface area contributed by atoms with E-state index < -0.39 is 6.04 Å². The van der Waals surface area contributed by atoms with Crippen LogP contribution in [0.5, 0.6) is 0 Å². The number of carbonyl (C=O) groups excluding carboxylic acids is 2. The Bertz CT molecular complexity index is 468. The molecule has 2 unspecified atom stereocenters. The SMILES string of the molecule is CCC(CC)N1C(=O)CC(NC(C)c2ncc[nH]2)C1=O. The third-order valence-electron chi connectivity index (χ3n) is 3.87. The van der Waals surface area contributed by atoms with E-state index in [1.807, 2.05) is 20.8 Å². The number of imidazole rings is 1. The number of hydrogen-bond donors (Lipinski definition) is 2. The quantitative estimate of drug-likeness (QED) is 0.771. The number of aromatic nitrogens is 2. The first-order valence-corrected chi connectivity index (χ1v) is 7.19. The van der Waals surface area contributed by atoms with Crippen LogP contribution in [-0.2, 0) is 9.59 Å². The minimum absolute atomic E-state index is 0.0146. The van der Waals surface area contributed by atoms with Gasteiger partial charge in [-0.3, -0.25) is 19.8 Å². The first kappa shape index (κ1) is 14.7. The lowest BCUT2D eigenvalue weighted by Gasteiger charge is -2.24. The Hall–Kier alpha value is -1.69. The van der Waals surface area contributed by atoms with Gasteiger partial charge in [0.05, 0.1) is 18.5 Å². The van der Waals surface area contributed by atoms with Crippen molar-refractivity contribution in [2.75, 3.05) is 0 Å². The second-order valence-electron chi connectivity index (χ2n) is 5.19. The van der Waals surface area contributed by atoms with E-state index in [1.54, 1.807) is 12.4 Å². The summed E-state index contributed by atoms with van der Waals surface area (Å²) in [6.45, 7) is 5.93. The van der Waals surface area contributed by atoms with Crippen molar-refractivity contribution in [3.63, 3.8) is 0 Å². The molecule has 0 saturated carbocycles. The van der Waals surface area contributed by atoms with Crippen molar-refractivity contribution in [3.8, 4) is 0 Å². The Balaban J connectivity index is 2.04. The number of H-pyrrole nitrogens is 1. The molecule has 1 fully saturated rings. The fourth-order valence-electron chi connectivity index (χ4n) is 2.71. The predicted molar refractivity (Wildman–Crippen MR) is 74.8 cm³/mol. The van der Waals surface area contributed by atoms with Crippen LogP contribution >= 0.6 is 0 Å². The summed E-state index contributed by atoms with van der Waals surface area (Å²) in [5, 5.41) is 3.19. The third-order valence-corrected chi connectivity index (χ3v) is 3.87. The van der Waals surface area contributed by atoms with Crippen molar-refractivity contribution in [3.05, 3.63) is 18.2 Å². The summed E-state index contributed by atoms with van der Waals surface area (Å²) < 4.78 is 0. The molecule has 1 aromatic heterocycles. The first-order valence-electron chi connectivity index (χ1n) is 7.19. The van der Waals surface area contributed by atoms with E-state index >= 15 is 0 Å². The predicted octanol–water partition coefficient (Wildman–Crippen LogP) is 1.38. The molecular formula is C14H22N4O2. The second kappa shape index (κ2) is 6.17. The lowest BCUT2D eigenvalue weighted by molar-refractivity contribution is -0.141. The van der Waals surface area contributed by atoms with Crippen LogP contribution in [-0.4, -0.2) is 38.8 Å². The molecule has 0 bridgehead atoms. The van der Waals surface area contributed by atoms with E-state index in [-0.39, 0.29) is 30.3 Å². The highest BCUT2D eigenvalue weighted by Gasteiger charge is 2.41. The fraction of sp³-hybridized carbons (Fsp3) is 0.643. The largest absolute Gasteiger partial charge is 0.347 e. The molecule has 6 heteroatoms. The monoisotopic (exact) mass is 278 g/mol. The van der Waals surface area contributed by atoms with Crippen LogP contribution in [0.4, 0.5) is 0 Å². The van der Waals surface area contributed by atoms with Crippen molar-refractivity contribution in [2.24, 2.45) is 0 Å². The summed E-state index contributed by atoms with van der Waals surface area (Å²) in [5.74, 6) is 0.584. The van der Waals surface area contributed by atoms with Gasteiger partial charge in [-0.15, -0.1) is 0 Å². The summed E-state index contributed by atoms with van der Waals surface area (Å²) in [6, 6.07) is -0.516. The van der Waals surface area contributed by atoms with Crippen LogP contribution in [0.25, 0.3) is 0 Å². The van der Waals surface area contributed by atoms with Crippen molar-refractivity contribution >= 4 is 11.8 Å². The number of hydrogen-bond acceptors (Lipinski definition) is 4. The highest BCUT2D eigenvalue weighted by Crippen LogP contribution is 2.22. The Kier molecular flexibility index (Phi) is 4.54. The molecule has 6 nitrogen and oxygen atoms in total. The van der Waals surface area contributed by atoms with Gasteiger partial charge in [-0.05, 0) is 19.8 Å². The van der Waals surface area contributed by atoms with Crippen LogP contribution in [0, 0.1) is 0 Å². The number of aromatic amines is 1. The number of amides is 2. The normalized spacial score (nSPS) is 21.0. The molecule has 1 aromatic rings. The summed E-state index contributed by atoms with van der Waals surface area (Å²) in [7, 11) is 0. The van der Waals surface area contributed by atoms with E-state index in [2.05, 4.69) is 15.3 Å². The second-order valence-corrected chi connectivity index (χ2v) is 5.19. The van der Waals surface area contributed by atoms with Crippen LogP contribution < -0.4 is 5.32 Å². The lowest BCUT2D eigenvalue weighted by atomic mass is 10.1.